The van der Waals surface area contributed by atoms with Gasteiger partial charge in [0.25, 0.3) is 0 Å². The summed E-state index contributed by atoms with van der Waals surface area (Å²) < 4.78 is 27.3. The van der Waals surface area contributed by atoms with E-state index >= 15 is 0 Å². The fourth-order valence-electron chi connectivity index (χ4n) is 3.41. The first-order valence-corrected chi connectivity index (χ1v) is 10.0. The van der Waals surface area contributed by atoms with Crippen LogP contribution in [0.3, 0.4) is 0 Å². The highest BCUT2D eigenvalue weighted by Gasteiger charge is 2.32. The number of nitrogens with one attached hydrogen (secondary N) is 1. The summed E-state index contributed by atoms with van der Waals surface area (Å²) in [7, 11) is -3.66. The number of benzene rings is 1. The normalized spacial score (nSPS) is 21.2. The fraction of sp³-hybridized carbons (Fsp3) is 0.588. The molecule has 1 aromatic rings. The molecule has 1 amide bonds. The maximum absolute atomic E-state index is 12.4. The molecule has 7 heteroatoms. The Kier molecular flexibility index (Phi) is 4.94. The average Bonchev–Trinajstić information content (AvgIpc) is 3.01. The van der Waals surface area contributed by atoms with Gasteiger partial charge in [0, 0.05) is 25.2 Å². The standard InChI is InChI=1S/C17H24N2O4S/c20-16-5-1-4-12-19(16)14-6-8-15(9-7-14)24(22,23)18-13-17(21)10-2-3-11-17/h6-9,18,21H,1-5,10-13H2. The molecule has 0 bridgehead atoms. The Morgan fingerprint density at radius 1 is 1.08 bits per heavy atom. The minimum absolute atomic E-state index is 0.0433. The molecular formula is C17H24N2O4S. The molecule has 0 unspecified atom stereocenters. The molecule has 1 aliphatic heterocycles. The molecule has 3 rings (SSSR count). The molecule has 0 radical (unpaired) electrons. The third-order valence-corrected chi connectivity index (χ3v) is 6.32. The molecular weight excluding hydrogens is 328 g/mol. The van der Waals surface area contributed by atoms with Crippen molar-refractivity contribution in [2.75, 3.05) is 18.0 Å². The average molecular weight is 352 g/mol. The van der Waals surface area contributed by atoms with Crippen LogP contribution in [0.5, 0.6) is 0 Å². The van der Waals surface area contributed by atoms with Crippen LogP contribution < -0.4 is 9.62 Å². The molecule has 1 saturated heterocycles. The van der Waals surface area contributed by atoms with E-state index in [4.69, 9.17) is 0 Å². The van der Waals surface area contributed by atoms with Crippen molar-refractivity contribution in [2.24, 2.45) is 0 Å². The Balaban J connectivity index is 1.68. The summed E-state index contributed by atoms with van der Waals surface area (Å²) in [5.41, 5.74) is -0.194. The lowest BCUT2D eigenvalue weighted by Gasteiger charge is -2.27. The molecule has 1 saturated carbocycles. The third kappa shape index (κ3) is 3.79. The van der Waals surface area contributed by atoms with E-state index in [1.54, 1.807) is 17.0 Å². The molecule has 1 aliphatic carbocycles. The minimum atomic E-state index is -3.66. The second kappa shape index (κ2) is 6.82. The van der Waals surface area contributed by atoms with Crippen LogP contribution in [0.1, 0.15) is 44.9 Å². The monoisotopic (exact) mass is 352 g/mol. The lowest BCUT2D eigenvalue weighted by atomic mass is 10.0. The van der Waals surface area contributed by atoms with Gasteiger partial charge < -0.3 is 10.0 Å². The number of piperidine rings is 1. The van der Waals surface area contributed by atoms with Crippen LogP contribution in [-0.2, 0) is 14.8 Å². The molecule has 132 valence electrons. The van der Waals surface area contributed by atoms with Crippen molar-refractivity contribution in [3.05, 3.63) is 24.3 Å². The molecule has 0 atom stereocenters. The molecule has 6 nitrogen and oxygen atoms in total. The second-order valence-electron chi connectivity index (χ2n) is 6.75. The Morgan fingerprint density at radius 3 is 2.38 bits per heavy atom. The van der Waals surface area contributed by atoms with E-state index in [0.29, 0.717) is 25.8 Å². The fourth-order valence-corrected chi connectivity index (χ4v) is 4.53. The zero-order valence-electron chi connectivity index (χ0n) is 13.7. The highest BCUT2D eigenvalue weighted by atomic mass is 32.2. The summed E-state index contributed by atoms with van der Waals surface area (Å²) in [5.74, 6) is 0.0819. The van der Waals surface area contributed by atoms with E-state index in [2.05, 4.69) is 4.72 Å². The van der Waals surface area contributed by atoms with Gasteiger partial charge in [0.15, 0.2) is 0 Å². The minimum Gasteiger partial charge on any atom is -0.389 e. The molecule has 0 spiro atoms. The van der Waals surface area contributed by atoms with Gasteiger partial charge in [0.1, 0.15) is 0 Å². The van der Waals surface area contributed by atoms with Gasteiger partial charge in [-0.25, -0.2) is 13.1 Å². The zero-order valence-corrected chi connectivity index (χ0v) is 14.5. The number of carbonyl (C=O) groups excluding carboxylic acids is 1. The first kappa shape index (κ1) is 17.4. The SMILES string of the molecule is O=C1CCCCN1c1ccc(S(=O)(=O)NCC2(O)CCCC2)cc1. The van der Waals surface area contributed by atoms with Gasteiger partial charge in [0.05, 0.1) is 10.5 Å². The van der Waals surface area contributed by atoms with Gasteiger partial charge in [-0.1, -0.05) is 12.8 Å². The molecule has 2 N–H and O–H groups in total. The first-order valence-electron chi connectivity index (χ1n) is 8.52. The number of sulfonamides is 1. The van der Waals surface area contributed by atoms with Crippen LogP contribution in [0.15, 0.2) is 29.2 Å². The van der Waals surface area contributed by atoms with E-state index in [0.717, 1.165) is 31.4 Å². The van der Waals surface area contributed by atoms with Crippen molar-refractivity contribution in [1.82, 2.24) is 4.72 Å². The van der Waals surface area contributed by atoms with Crippen molar-refractivity contribution in [3.8, 4) is 0 Å². The zero-order chi connectivity index (χ0) is 17.2. The Labute approximate surface area is 142 Å². The number of rotatable bonds is 5. The number of nitrogens with zero attached hydrogens (tertiary/aromatic N) is 1. The number of anilines is 1. The summed E-state index contributed by atoms with van der Waals surface area (Å²) in [4.78, 5) is 13.8. The Bertz CT molecular complexity index is 694. The summed E-state index contributed by atoms with van der Waals surface area (Å²) >= 11 is 0. The topological polar surface area (TPSA) is 86.7 Å². The van der Waals surface area contributed by atoms with E-state index in [1.807, 2.05) is 0 Å². The van der Waals surface area contributed by atoms with E-state index in [1.165, 1.54) is 12.1 Å². The van der Waals surface area contributed by atoms with Crippen molar-refractivity contribution in [3.63, 3.8) is 0 Å². The number of hydrogen-bond acceptors (Lipinski definition) is 4. The Morgan fingerprint density at radius 2 is 1.75 bits per heavy atom. The van der Waals surface area contributed by atoms with E-state index < -0.39 is 15.6 Å². The molecule has 1 aromatic carbocycles. The lowest BCUT2D eigenvalue weighted by Crippen LogP contribution is -2.40. The van der Waals surface area contributed by atoms with Crippen LogP contribution in [0.4, 0.5) is 5.69 Å². The van der Waals surface area contributed by atoms with Crippen LogP contribution in [-0.4, -0.2) is 38.1 Å². The lowest BCUT2D eigenvalue weighted by molar-refractivity contribution is -0.119. The molecule has 2 aliphatic rings. The summed E-state index contributed by atoms with van der Waals surface area (Å²) in [5, 5.41) is 10.3. The highest BCUT2D eigenvalue weighted by Crippen LogP contribution is 2.29. The van der Waals surface area contributed by atoms with Crippen LogP contribution in [0.2, 0.25) is 0 Å². The number of amides is 1. The first-order chi connectivity index (χ1) is 11.4. The molecule has 2 fully saturated rings. The van der Waals surface area contributed by atoms with Gasteiger partial charge in [-0.15, -0.1) is 0 Å². The van der Waals surface area contributed by atoms with Crippen molar-refractivity contribution in [2.45, 2.75) is 55.4 Å². The van der Waals surface area contributed by atoms with Crippen molar-refractivity contribution < 1.29 is 18.3 Å². The smallest absolute Gasteiger partial charge is 0.240 e. The van der Waals surface area contributed by atoms with Crippen LogP contribution >= 0.6 is 0 Å². The third-order valence-electron chi connectivity index (χ3n) is 4.91. The summed E-state index contributed by atoms with van der Waals surface area (Å²) in [6.07, 6.45) is 5.53. The van der Waals surface area contributed by atoms with Gasteiger partial charge in [-0.2, -0.15) is 0 Å². The predicted octanol–water partition coefficient (Wildman–Crippen LogP) is 1.79. The van der Waals surface area contributed by atoms with Gasteiger partial charge in [0.2, 0.25) is 15.9 Å². The maximum atomic E-state index is 12.4. The van der Waals surface area contributed by atoms with Gasteiger partial charge in [-0.05, 0) is 49.9 Å². The highest BCUT2D eigenvalue weighted by molar-refractivity contribution is 7.89. The van der Waals surface area contributed by atoms with Gasteiger partial charge in [-0.3, -0.25) is 4.79 Å². The largest absolute Gasteiger partial charge is 0.389 e. The van der Waals surface area contributed by atoms with E-state index in [-0.39, 0.29) is 17.3 Å². The molecule has 24 heavy (non-hydrogen) atoms. The van der Waals surface area contributed by atoms with E-state index in [9.17, 15) is 18.3 Å². The number of hydrogen-bond donors (Lipinski definition) is 2. The summed E-state index contributed by atoms with van der Waals surface area (Å²) in [6.45, 7) is 0.720. The van der Waals surface area contributed by atoms with Crippen LogP contribution in [0, 0.1) is 0 Å². The maximum Gasteiger partial charge on any atom is 0.240 e. The number of aliphatic hydroxyl groups is 1. The molecule has 0 aromatic heterocycles. The predicted molar refractivity (Wildman–Crippen MR) is 91.3 cm³/mol. The van der Waals surface area contributed by atoms with Crippen molar-refractivity contribution >= 4 is 21.6 Å². The Hall–Kier alpha value is -1.44. The molecule has 1 heterocycles. The second-order valence-corrected chi connectivity index (χ2v) is 8.52. The number of carbonyl (C=O) groups is 1. The quantitative estimate of drug-likeness (QED) is 0.846. The van der Waals surface area contributed by atoms with Gasteiger partial charge >= 0.3 is 0 Å². The van der Waals surface area contributed by atoms with Crippen LogP contribution in [0.25, 0.3) is 0 Å². The van der Waals surface area contributed by atoms with Crippen molar-refractivity contribution in [1.29, 1.82) is 0 Å². The summed E-state index contributed by atoms with van der Waals surface area (Å²) in [6, 6.07) is 6.36.